The molecule has 2 aliphatic rings. The van der Waals surface area contributed by atoms with E-state index in [1.54, 1.807) is 11.3 Å². The summed E-state index contributed by atoms with van der Waals surface area (Å²) in [5.74, 6) is 0. The van der Waals surface area contributed by atoms with Crippen LogP contribution >= 0.6 is 11.3 Å². The number of aryl methyl sites for hydroxylation is 1. The number of ether oxygens (including phenoxy) is 1. The number of hydrogen-bond donors (Lipinski definition) is 0. The predicted octanol–water partition coefficient (Wildman–Crippen LogP) is 2.10. The van der Waals surface area contributed by atoms with Crippen LogP contribution in [0.5, 0.6) is 0 Å². The van der Waals surface area contributed by atoms with E-state index in [0.717, 1.165) is 36.1 Å². The molecule has 0 aliphatic carbocycles. The van der Waals surface area contributed by atoms with Crippen LogP contribution in [0, 0.1) is 6.92 Å². The van der Waals surface area contributed by atoms with Gasteiger partial charge in [0.1, 0.15) is 16.6 Å². The summed E-state index contributed by atoms with van der Waals surface area (Å²) in [6.07, 6.45) is 0.628. The van der Waals surface area contributed by atoms with E-state index in [4.69, 9.17) is 4.74 Å². The Labute approximate surface area is 145 Å². The van der Waals surface area contributed by atoms with E-state index in [-0.39, 0.29) is 11.6 Å². The van der Waals surface area contributed by atoms with Crippen molar-refractivity contribution in [3.63, 3.8) is 0 Å². The van der Waals surface area contributed by atoms with Crippen molar-refractivity contribution in [2.45, 2.75) is 25.4 Å². The molecule has 1 atom stereocenters. The van der Waals surface area contributed by atoms with E-state index in [1.807, 2.05) is 30.0 Å². The fourth-order valence-corrected chi connectivity index (χ4v) is 4.40. The molecule has 2 aromatic rings. The maximum Gasteiger partial charge on any atom is 0.410 e. The smallest absolute Gasteiger partial charge is 0.410 e. The lowest BCUT2D eigenvalue weighted by atomic mass is 9.88. The molecule has 0 saturated carbocycles. The molecule has 24 heavy (non-hydrogen) atoms. The number of fused-ring (bicyclic) bond motifs is 1. The number of amides is 1. The highest BCUT2D eigenvalue weighted by Crippen LogP contribution is 2.33. The fourth-order valence-electron chi connectivity index (χ4n) is 3.65. The summed E-state index contributed by atoms with van der Waals surface area (Å²) < 4.78 is 5.41. The van der Waals surface area contributed by atoms with Gasteiger partial charge in [0.2, 0.25) is 0 Å². The molecule has 6 nitrogen and oxygen atoms in total. The topological polar surface area (TPSA) is 58.6 Å². The Morgan fingerprint density at radius 2 is 2.08 bits per heavy atom. The number of cyclic esters (lactones) is 1. The van der Waals surface area contributed by atoms with Crippen molar-refractivity contribution in [2.75, 3.05) is 26.2 Å². The number of piperazine rings is 1. The highest BCUT2D eigenvalue weighted by molar-refractivity contribution is 7.11. The molecule has 0 bridgehead atoms. The Kier molecular flexibility index (Phi) is 3.97. The standard InChI is InChI=1S/C17H20N4O2S/c1-13-18-19-15(24-13)10-20-7-8-21-16(22)23-12-17(21,11-20)9-14-5-3-2-4-6-14/h2-6H,7-12H2,1H3. The molecule has 0 spiro atoms. The van der Waals surface area contributed by atoms with Gasteiger partial charge in [-0.05, 0) is 12.5 Å². The summed E-state index contributed by atoms with van der Waals surface area (Å²) in [7, 11) is 0. The fraction of sp³-hybridized carbons (Fsp3) is 0.471. The summed E-state index contributed by atoms with van der Waals surface area (Å²) in [5.41, 5.74) is 0.950. The van der Waals surface area contributed by atoms with Crippen molar-refractivity contribution < 1.29 is 9.53 Å². The number of aromatic nitrogens is 2. The number of carbonyl (C=O) groups is 1. The van der Waals surface area contributed by atoms with Crippen LogP contribution in [0.3, 0.4) is 0 Å². The van der Waals surface area contributed by atoms with Crippen molar-refractivity contribution in [1.29, 1.82) is 0 Å². The summed E-state index contributed by atoms with van der Waals surface area (Å²) in [6, 6.07) is 10.3. The first kappa shape index (κ1) is 15.5. The summed E-state index contributed by atoms with van der Waals surface area (Å²) in [4.78, 5) is 16.4. The van der Waals surface area contributed by atoms with Gasteiger partial charge < -0.3 is 4.74 Å². The van der Waals surface area contributed by atoms with E-state index in [1.165, 1.54) is 5.56 Å². The highest BCUT2D eigenvalue weighted by Gasteiger charge is 2.50. The average molecular weight is 344 g/mol. The van der Waals surface area contributed by atoms with Gasteiger partial charge in [-0.15, -0.1) is 21.5 Å². The third kappa shape index (κ3) is 2.89. The minimum absolute atomic E-state index is 0.183. The zero-order chi connectivity index (χ0) is 16.6. The second kappa shape index (κ2) is 6.14. The van der Waals surface area contributed by atoms with Crippen LogP contribution in [0.15, 0.2) is 30.3 Å². The number of hydrogen-bond acceptors (Lipinski definition) is 6. The molecule has 0 radical (unpaired) electrons. The van der Waals surface area contributed by atoms with Crippen LogP contribution < -0.4 is 0 Å². The summed E-state index contributed by atoms with van der Waals surface area (Å²) in [6.45, 7) is 5.54. The van der Waals surface area contributed by atoms with Gasteiger partial charge in [0, 0.05) is 26.1 Å². The van der Waals surface area contributed by atoms with E-state index >= 15 is 0 Å². The van der Waals surface area contributed by atoms with E-state index < -0.39 is 0 Å². The molecule has 7 heteroatoms. The van der Waals surface area contributed by atoms with E-state index in [0.29, 0.717) is 13.2 Å². The van der Waals surface area contributed by atoms with Crippen molar-refractivity contribution in [2.24, 2.45) is 0 Å². The Bertz CT molecular complexity index is 735. The van der Waals surface area contributed by atoms with Gasteiger partial charge in [0.15, 0.2) is 0 Å². The van der Waals surface area contributed by atoms with Gasteiger partial charge in [-0.2, -0.15) is 0 Å². The van der Waals surface area contributed by atoms with Crippen molar-refractivity contribution in [3.05, 3.63) is 45.9 Å². The normalized spacial score (nSPS) is 24.0. The number of rotatable bonds is 4. The molecular formula is C17H20N4O2S. The summed E-state index contributed by atoms with van der Waals surface area (Å²) >= 11 is 1.63. The Morgan fingerprint density at radius 1 is 1.25 bits per heavy atom. The Hall–Kier alpha value is -1.99. The van der Waals surface area contributed by atoms with Gasteiger partial charge >= 0.3 is 6.09 Å². The molecular weight excluding hydrogens is 324 g/mol. The van der Waals surface area contributed by atoms with E-state index in [2.05, 4.69) is 27.2 Å². The molecule has 2 fully saturated rings. The van der Waals surface area contributed by atoms with Crippen LogP contribution in [0.1, 0.15) is 15.6 Å². The number of benzene rings is 1. The molecule has 4 rings (SSSR count). The third-order valence-electron chi connectivity index (χ3n) is 4.72. The number of carbonyl (C=O) groups excluding carboxylic acids is 1. The zero-order valence-corrected chi connectivity index (χ0v) is 14.5. The van der Waals surface area contributed by atoms with Crippen LogP contribution in [-0.4, -0.2) is 57.9 Å². The lowest BCUT2D eigenvalue weighted by Gasteiger charge is -2.44. The van der Waals surface area contributed by atoms with Crippen LogP contribution in [-0.2, 0) is 17.7 Å². The second-order valence-corrected chi connectivity index (χ2v) is 7.78. The molecule has 2 saturated heterocycles. The minimum atomic E-state index is -0.281. The van der Waals surface area contributed by atoms with Crippen LogP contribution in [0.4, 0.5) is 4.79 Å². The summed E-state index contributed by atoms with van der Waals surface area (Å²) in [5, 5.41) is 10.3. The molecule has 0 N–H and O–H groups in total. The largest absolute Gasteiger partial charge is 0.447 e. The zero-order valence-electron chi connectivity index (χ0n) is 13.6. The SMILES string of the molecule is Cc1nnc(CN2CCN3C(=O)OCC3(Cc3ccccc3)C2)s1. The molecule has 1 aromatic carbocycles. The molecule has 1 aromatic heterocycles. The van der Waals surface area contributed by atoms with Gasteiger partial charge in [-0.25, -0.2) is 4.79 Å². The van der Waals surface area contributed by atoms with Gasteiger partial charge in [-0.1, -0.05) is 30.3 Å². The van der Waals surface area contributed by atoms with Crippen molar-refractivity contribution in [1.82, 2.24) is 20.0 Å². The predicted molar refractivity (Wildman–Crippen MR) is 90.9 cm³/mol. The maximum absolute atomic E-state index is 12.1. The molecule has 1 amide bonds. The Morgan fingerprint density at radius 3 is 2.83 bits per heavy atom. The van der Waals surface area contributed by atoms with Crippen molar-refractivity contribution in [3.8, 4) is 0 Å². The lowest BCUT2D eigenvalue weighted by molar-refractivity contribution is 0.0475. The average Bonchev–Trinajstić information content (AvgIpc) is 3.12. The highest BCUT2D eigenvalue weighted by atomic mass is 32.1. The monoisotopic (exact) mass is 344 g/mol. The van der Waals surface area contributed by atoms with E-state index in [9.17, 15) is 4.79 Å². The molecule has 126 valence electrons. The molecule has 2 aliphatic heterocycles. The van der Waals surface area contributed by atoms with Gasteiger partial charge in [-0.3, -0.25) is 9.80 Å². The molecule has 3 heterocycles. The number of nitrogens with zero attached hydrogens (tertiary/aromatic N) is 4. The van der Waals surface area contributed by atoms with Gasteiger partial charge in [0.05, 0.1) is 12.1 Å². The first-order valence-electron chi connectivity index (χ1n) is 8.14. The Balaban J connectivity index is 1.55. The maximum atomic E-state index is 12.1. The molecule has 1 unspecified atom stereocenters. The van der Waals surface area contributed by atoms with Gasteiger partial charge in [0.25, 0.3) is 0 Å². The lowest BCUT2D eigenvalue weighted by Crippen LogP contribution is -2.62. The first-order chi connectivity index (χ1) is 11.6. The first-order valence-corrected chi connectivity index (χ1v) is 8.96. The third-order valence-corrected chi connectivity index (χ3v) is 5.54. The van der Waals surface area contributed by atoms with Crippen molar-refractivity contribution >= 4 is 17.4 Å². The van der Waals surface area contributed by atoms with Crippen LogP contribution in [0.2, 0.25) is 0 Å². The quantitative estimate of drug-likeness (QED) is 0.850. The minimum Gasteiger partial charge on any atom is -0.447 e. The second-order valence-electron chi connectivity index (χ2n) is 6.52. The van der Waals surface area contributed by atoms with Crippen LogP contribution in [0.25, 0.3) is 0 Å².